The fraction of sp³-hybridized carbons (Fsp3) is 0.745. The number of nitrogen functional groups attached to an aromatic ring is 1. The van der Waals surface area contributed by atoms with Gasteiger partial charge in [-0.3, -0.25) is 28.7 Å². The summed E-state index contributed by atoms with van der Waals surface area (Å²) in [6, 6.07) is 5.43. The standard InChI is InChI=1S/C18H24N8O3.C9H19N3O2.C9H18N2O5S.C8H16N2O3.C6H14N2O.CH4/c1-23(5-6-24-7-9-25(10-8-24)18(27)28-2)14-12-15-20-16(13-4-3-11-29-13)22-26(15)17(19)21-14;1-10-3-4-11-5-7-12(8-6-11)9(13)14-2;1-15-9(12)11-5-3-10(4-6-11)7-8-16-17(2,13)14;1-13-8(12)10-4-2-9(3-5-10)6-7-11;9-6-5-8-3-1-7-2-4-8;/h3-4,11-12H,5-10H2,1-2H3,(H2,19,21);10H,3-8H2,1-2H3;3-8H2,1-2H3;11H,2-7H2,1H3;7,9H,1-6H2;1H4. The number of aliphatic hydroxyl groups is 2. The number of ether oxygens (including phenoxy) is 4. The molecule has 8 rings (SSSR count). The van der Waals surface area contributed by atoms with Gasteiger partial charge in [0.05, 0.1) is 60.8 Å². The van der Waals surface area contributed by atoms with Crippen molar-refractivity contribution in [3.63, 3.8) is 0 Å². The lowest BCUT2D eigenvalue weighted by molar-refractivity contribution is 0.0842. The maximum absolute atomic E-state index is 11.6. The summed E-state index contributed by atoms with van der Waals surface area (Å²) in [5, 5.41) is 28.0. The zero-order valence-electron chi connectivity index (χ0n) is 49.1. The Kier molecular flexibility index (Phi) is 33.4. The van der Waals surface area contributed by atoms with Crippen LogP contribution in [0.3, 0.4) is 0 Å². The van der Waals surface area contributed by atoms with E-state index in [9.17, 15) is 27.6 Å². The molecule has 0 aromatic carbocycles. The molecule has 3 aromatic rings. The number of aromatic nitrogens is 4. The molecule has 474 valence electrons. The van der Waals surface area contributed by atoms with Crippen LogP contribution in [0.5, 0.6) is 0 Å². The van der Waals surface area contributed by atoms with E-state index in [4.69, 9.17) is 25.1 Å². The minimum absolute atomic E-state index is 0. The zero-order chi connectivity index (χ0) is 59.9. The number of hydrogen-bond acceptors (Lipinski definition) is 26. The van der Waals surface area contributed by atoms with E-state index >= 15 is 0 Å². The zero-order valence-corrected chi connectivity index (χ0v) is 49.9. The molecule has 31 nitrogen and oxygen atoms in total. The lowest BCUT2D eigenvalue weighted by Crippen LogP contribution is -2.50. The van der Waals surface area contributed by atoms with Crippen LogP contribution < -0.4 is 21.3 Å². The van der Waals surface area contributed by atoms with E-state index in [1.54, 1.807) is 38.0 Å². The first-order chi connectivity index (χ1) is 39.4. The van der Waals surface area contributed by atoms with Crippen molar-refractivity contribution in [1.82, 2.24) is 74.3 Å². The van der Waals surface area contributed by atoms with E-state index in [0.29, 0.717) is 89.3 Å². The fourth-order valence-electron chi connectivity index (χ4n) is 8.95. The van der Waals surface area contributed by atoms with Gasteiger partial charge in [-0.1, -0.05) is 7.43 Å². The summed E-state index contributed by atoms with van der Waals surface area (Å²) in [7, 11) is 6.13. The predicted octanol–water partition coefficient (Wildman–Crippen LogP) is -1.39. The second-order valence-electron chi connectivity index (χ2n) is 19.4. The molecule has 5 saturated heterocycles. The first-order valence-electron chi connectivity index (χ1n) is 27.6. The number of furan rings is 1. The smallest absolute Gasteiger partial charge is 0.409 e. The maximum Gasteiger partial charge on any atom is 0.409 e. The summed E-state index contributed by atoms with van der Waals surface area (Å²) in [5.41, 5.74) is 6.70. The van der Waals surface area contributed by atoms with Crippen LogP contribution in [0.2, 0.25) is 0 Å². The van der Waals surface area contributed by atoms with Gasteiger partial charge >= 0.3 is 24.4 Å². The number of aliphatic hydroxyl groups excluding tert-OH is 2. The molecule has 8 heterocycles. The van der Waals surface area contributed by atoms with Gasteiger partial charge < -0.3 is 74.4 Å². The number of nitrogens with one attached hydrogen (secondary N) is 2. The quantitative estimate of drug-likeness (QED) is 0.0814. The summed E-state index contributed by atoms with van der Waals surface area (Å²) in [5.74, 6) is 2.03. The Labute approximate surface area is 489 Å². The predicted molar refractivity (Wildman–Crippen MR) is 313 cm³/mol. The third-order valence-corrected chi connectivity index (χ3v) is 14.5. The first kappa shape index (κ1) is 71.3. The van der Waals surface area contributed by atoms with Crippen LogP contribution in [-0.4, -0.2) is 352 Å². The van der Waals surface area contributed by atoms with Crippen molar-refractivity contribution in [3.05, 3.63) is 24.5 Å². The molecule has 83 heavy (non-hydrogen) atoms. The van der Waals surface area contributed by atoms with Crippen molar-refractivity contribution in [3.8, 4) is 11.6 Å². The summed E-state index contributed by atoms with van der Waals surface area (Å²) in [6.45, 7) is 22.6. The first-order valence-corrected chi connectivity index (χ1v) is 29.4. The van der Waals surface area contributed by atoms with Crippen LogP contribution in [0.1, 0.15) is 7.43 Å². The third kappa shape index (κ3) is 25.8. The lowest BCUT2D eigenvalue weighted by atomic mass is 10.3. The molecule has 0 unspecified atom stereocenters. The van der Waals surface area contributed by atoms with Gasteiger partial charge in [0.15, 0.2) is 11.4 Å². The average molecular weight is 1200 g/mol. The van der Waals surface area contributed by atoms with Gasteiger partial charge in [0.25, 0.3) is 10.1 Å². The molecular weight excluding hydrogens is 1110 g/mol. The number of piperazine rings is 5. The number of methoxy groups -OCH3 is 4. The van der Waals surface area contributed by atoms with E-state index in [2.05, 4.69) is 63.7 Å². The molecule has 0 atom stereocenters. The number of nitrogens with zero attached hydrogens (tertiary/aromatic N) is 14. The maximum atomic E-state index is 11.6. The Morgan fingerprint density at radius 2 is 1.08 bits per heavy atom. The Morgan fingerprint density at radius 3 is 1.48 bits per heavy atom. The van der Waals surface area contributed by atoms with Crippen LogP contribution in [0.15, 0.2) is 28.9 Å². The molecule has 5 fully saturated rings. The van der Waals surface area contributed by atoms with Crippen LogP contribution in [0.25, 0.3) is 17.2 Å². The van der Waals surface area contributed by atoms with Crippen molar-refractivity contribution in [1.29, 1.82) is 0 Å². The number of carbonyl (C=O) groups is 4. The van der Waals surface area contributed by atoms with Gasteiger partial charge in [0.1, 0.15) is 5.82 Å². The van der Waals surface area contributed by atoms with Crippen LogP contribution in [-0.2, 0) is 33.2 Å². The van der Waals surface area contributed by atoms with Crippen LogP contribution in [0.4, 0.5) is 30.9 Å². The lowest BCUT2D eigenvalue weighted by Gasteiger charge is -2.34. The molecule has 5 aliphatic heterocycles. The number of amides is 4. The highest BCUT2D eigenvalue weighted by atomic mass is 32.2. The topological polar surface area (TPSA) is 328 Å². The van der Waals surface area contributed by atoms with Crippen LogP contribution in [0, 0.1) is 0 Å². The minimum Gasteiger partial charge on any atom is -0.461 e. The monoisotopic (exact) mass is 1200 g/mol. The highest BCUT2D eigenvalue weighted by molar-refractivity contribution is 7.85. The molecule has 0 radical (unpaired) electrons. The van der Waals surface area contributed by atoms with Gasteiger partial charge in [0, 0.05) is 190 Å². The molecule has 0 bridgehead atoms. The summed E-state index contributed by atoms with van der Waals surface area (Å²) in [6.07, 6.45) is 1.55. The van der Waals surface area contributed by atoms with Gasteiger partial charge in [-0.25, -0.2) is 24.2 Å². The van der Waals surface area contributed by atoms with Gasteiger partial charge in [-0.2, -0.15) is 17.9 Å². The van der Waals surface area contributed by atoms with Gasteiger partial charge in [-0.05, 0) is 19.2 Å². The van der Waals surface area contributed by atoms with Gasteiger partial charge in [0.2, 0.25) is 11.8 Å². The number of nitrogens with two attached hydrogens (primary N) is 1. The van der Waals surface area contributed by atoms with E-state index in [0.717, 1.165) is 123 Å². The van der Waals surface area contributed by atoms with E-state index in [1.165, 1.54) is 33.0 Å². The minimum atomic E-state index is -3.36. The largest absolute Gasteiger partial charge is 0.461 e. The molecule has 0 saturated carbocycles. The van der Waals surface area contributed by atoms with E-state index in [-0.39, 0.29) is 51.0 Å². The Balaban J connectivity index is 0.000000289. The molecular formula is C51H95N17O14S. The SMILES string of the molecule is C.CNCCN1CCN(C(=O)OC)CC1.COC(=O)N1CCN(CCN(C)c2cc3nc(-c4ccco4)nn3c(N)n2)CC1.COC(=O)N1CCN(CCO)CC1.COC(=O)N1CCN(CCOS(C)(=O)=O)CC1.OCCN1CCNCC1. The van der Waals surface area contributed by atoms with Crippen molar-refractivity contribution in [2.45, 2.75) is 7.43 Å². The van der Waals surface area contributed by atoms with Crippen molar-refractivity contribution < 1.29 is 65.4 Å². The highest BCUT2D eigenvalue weighted by Gasteiger charge is 2.25. The van der Waals surface area contributed by atoms with Crippen molar-refractivity contribution in [2.24, 2.45) is 0 Å². The molecule has 0 aliphatic carbocycles. The van der Waals surface area contributed by atoms with Gasteiger partial charge in [-0.15, -0.1) is 5.10 Å². The fourth-order valence-corrected chi connectivity index (χ4v) is 9.33. The summed E-state index contributed by atoms with van der Waals surface area (Å²) >= 11 is 0. The Hall–Kier alpha value is -5.94. The third-order valence-electron chi connectivity index (χ3n) is 13.9. The molecule has 0 spiro atoms. The number of carbonyl (C=O) groups excluding carboxylic acids is 4. The van der Waals surface area contributed by atoms with E-state index < -0.39 is 10.1 Å². The molecule has 5 aliphatic rings. The number of hydrogen-bond donors (Lipinski definition) is 5. The molecule has 3 aromatic heterocycles. The number of β-amino-alcohol motifs (C(OH)–C–C–N with tert-alkyl or cyclic N) is 2. The number of fused-ring (bicyclic) bond motifs is 1. The normalized spacial score (nSPS) is 17.4. The second-order valence-corrected chi connectivity index (χ2v) is 21.1. The average Bonchev–Trinajstić information content (AvgIpc) is 4.40. The Morgan fingerprint density at radius 1 is 0.663 bits per heavy atom. The number of likely N-dealkylation sites (N-methyl/N-ethyl adjacent to an activating group) is 2. The van der Waals surface area contributed by atoms with Crippen LogP contribution >= 0.6 is 0 Å². The Bertz CT molecular complexity index is 2390. The molecule has 6 N–H and O–H groups in total. The molecule has 32 heteroatoms. The van der Waals surface area contributed by atoms with Crippen molar-refractivity contribution >= 4 is 51.9 Å². The van der Waals surface area contributed by atoms with E-state index in [1.807, 2.05) is 30.0 Å². The molecule has 4 amide bonds. The second kappa shape index (κ2) is 38.8. The van der Waals surface area contributed by atoms with Crippen molar-refractivity contribution in [2.75, 3.05) is 256 Å². The summed E-state index contributed by atoms with van der Waals surface area (Å²) in [4.78, 5) is 73.8. The number of anilines is 2. The highest BCUT2D eigenvalue weighted by Crippen LogP contribution is 2.21. The summed E-state index contributed by atoms with van der Waals surface area (Å²) < 4.78 is 51.6. The number of rotatable bonds is 16.